The summed E-state index contributed by atoms with van der Waals surface area (Å²) in [5.41, 5.74) is -0.931. The second-order valence-corrected chi connectivity index (χ2v) is 6.43. The molecule has 21 heavy (non-hydrogen) atoms. The van der Waals surface area contributed by atoms with E-state index in [0.717, 1.165) is 31.8 Å². The van der Waals surface area contributed by atoms with Gasteiger partial charge in [-0.25, -0.2) is 0 Å². The van der Waals surface area contributed by atoms with Crippen molar-refractivity contribution in [3.63, 3.8) is 0 Å². The molecule has 2 amide bonds. The van der Waals surface area contributed by atoms with Crippen molar-refractivity contribution < 1.29 is 14.3 Å². The molecular formula is C15H27N3O3. The van der Waals surface area contributed by atoms with E-state index in [1.165, 1.54) is 0 Å². The molecule has 2 saturated heterocycles. The lowest BCUT2D eigenvalue weighted by Gasteiger charge is -2.40. The van der Waals surface area contributed by atoms with Crippen LogP contribution in [0.15, 0.2) is 0 Å². The number of nitrogens with zero attached hydrogens (tertiary/aromatic N) is 2. The van der Waals surface area contributed by atoms with Crippen LogP contribution in [0.4, 0.5) is 0 Å². The summed E-state index contributed by atoms with van der Waals surface area (Å²) in [5, 5.41) is 2.61. The fourth-order valence-corrected chi connectivity index (χ4v) is 3.00. The Bertz CT molecular complexity index is 394. The first-order valence-corrected chi connectivity index (χ1v) is 7.81. The molecule has 2 rings (SSSR count). The van der Waals surface area contributed by atoms with E-state index in [9.17, 15) is 9.59 Å². The van der Waals surface area contributed by atoms with Crippen molar-refractivity contribution in [1.82, 2.24) is 15.1 Å². The lowest BCUT2D eigenvalue weighted by molar-refractivity contribution is -0.163. The Morgan fingerprint density at radius 3 is 2.57 bits per heavy atom. The second-order valence-electron chi connectivity index (χ2n) is 6.43. The SMILES string of the molecule is CNC(=O)[C@@]1(C)CN(C(=O)CN2CCC(C)CC2)CCO1. The summed E-state index contributed by atoms with van der Waals surface area (Å²) in [5.74, 6) is 0.686. The molecule has 0 aliphatic carbocycles. The number of morpholine rings is 1. The number of amides is 2. The van der Waals surface area contributed by atoms with E-state index in [-0.39, 0.29) is 11.8 Å². The quantitative estimate of drug-likeness (QED) is 0.801. The fraction of sp³-hybridized carbons (Fsp3) is 0.867. The number of nitrogens with one attached hydrogen (secondary N) is 1. The summed E-state index contributed by atoms with van der Waals surface area (Å²) in [6.07, 6.45) is 2.32. The van der Waals surface area contributed by atoms with Crippen LogP contribution in [-0.2, 0) is 14.3 Å². The highest BCUT2D eigenvalue weighted by Crippen LogP contribution is 2.19. The number of carbonyl (C=O) groups excluding carboxylic acids is 2. The fourth-order valence-electron chi connectivity index (χ4n) is 3.00. The Labute approximate surface area is 126 Å². The van der Waals surface area contributed by atoms with Crippen molar-refractivity contribution in [3.8, 4) is 0 Å². The van der Waals surface area contributed by atoms with Crippen molar-refractivity contribution in [1.29, 1.82) is 0 Å². The van der Waals surface area contributed by atoms with Crippen molar-refractivity contribution in [2.45, 2.75) is 32.3 Å². The minimum Gasteiger partial charge on any atom is -0.362 e. The minimum absolute atomic E-state index is 0.1000. The molecule has 6 heteroatoms. The van der Waals surface area contributed by atoms with Crippen LogP contribution in [0.2, 0.25) is 0 Å². The van der Waals surface area contributed by atoms with Crippen LogP contribution in [0.1, 0.15) is 26.7 Å². The zero-order chi connectivity index (χ0) is 15.5. The van der Waals surface area contributed by atoms with E-state index in [1.54, 1.807) is 18.9 Å². The highest BCUT2D eigenvalue weighted by molar-refractivity contribution is 5.86. The molecule has 120 valence electrons. The minimum atomic E-state index is -0.931. The summed E-state index contributed by atoms with van der Waals surface area (Å²) in [6, 6.07) is 0. The average Bonchev–Trinajstić information content (AvgIpc) is 2.48. The third kappa shape index (κ3) is 3.95. The normalized spacial score (nSPS) is 28.4. The van der Waals surface area contributed by atoms with Gasteiger partial charge in [0.1, 0.15) is 0 Å². The van der Waals surface area contributed by atoms with Gasteiger partial charge in [0.05, 0.1) is 19.7 Å². The van der Waals surface area contributed by atoms with Crippen LogP contribution in [0.25, 0.3) is 0 Å². The van der Waals surface area contributed by atoms with Gasteiger partial charge in [0, 0.05) is 13.6 Å². The Morgan fingerprint density at radius 2 is 1.95 bits per heavy atom. The number of hydrogen-bond donors (Lipinski definition) is 1. The van der Waals surface area contributed by atoms with Gasteiger partial charge >= 0.3 is 0 Å². The summed E-state index contributed by atoms with van der Waals surface area (Å²) < 4.78 is 5.58. The van der Waals surface area contributed by atoms with Crippen LogP contribution in [0, 0.1) is 5.92 Å². The predicted octanol–water partition coefficient (Wildman–Crippen LogP) is 0.0818. The number of likely N-dealkylation sites (N-methyl/N-ethyl adjacent to an activating group) is 1. The molecule has 0 aromatic heterocycles. The topological polar surface area (TPSA) is 61.9 Å². The summed E-state index contributed by atoms with van der Waals surface area (Å²) in [6.45, 7) is 7.74. The van der Waals surface area contributed by atoms with Gasteiger partial charge in [-0.2, -0.15) is 0 Å². The van der Waals surface area contributed by atoms with Crippen molar-refractivity contribution in [3.05, 3.63) is 0 Å². The zero-order valence-electron chi connectivity index (χ0n) is 13.4. The van der Waals surface area contributed by atoms with Gasteiger partial charge < -0.3 is 15.0 Å². The molecule has 0 aromatic rings. The lowest BCUT2D eigenvalue weighted by atomic mass is 9.99. The molecule has 6 nitrogen and oxygen atoms in total. The number of piperidine rings is 1. The zero-order valence-corrected chi connectivity index (χ0v) is 13.4. The first-order valence-electron chi connectivity index (χ1n) is 7.81. The van der Waals surface area contributed by atoms with Crippen molar-refractivity contribution in [2.75, 3.05) is 46.4 Å². The molecule has 0 spiro atoms. The van der Waals surface area contributed by atoms with E-state index in [0.29, 0.717) is 26.2 Å². The number of ether oxygens (including phenoxy) is 1. The number of rotatable bonds is 3. The van der Waals surface area contributed by atoms with Gasteiger partial charge in [-0.15, -0.1) is 0 Å². The van der Waals surface area contributed by atoms with Gasteiger partial charge in [-0.3, -0.25) is 14.5 Å². The van der Waals surface area contributed by atoms with Crippen molar-refractivity contribution in [2.24, 2.45) is 5.92 Å². The average molecular weight is 297 g/mol. The van der Waals surface area contributed by atoms with E-state index >= 15 is 0 Å². The highest BCUT2D eigenvalue weighted by Gasteiger charge is 2.40. The summed E-state index contributed by atoms with van der Waals surface area (Å²) >= 11 is 0. The van der Waals surface area contributed by atoms with E-state index in [4.69, 9.17) is 4.74 Å². The second kappa shape index (κ2) is 6.75. The van der Waals surface area contributed by atoms with Gasteiger partial charge in [0.2, 0.25) is 5.91 Å². The number of carbonyl (C=O) groups is 2. The maximum Gasteiger partial charge on any atom is 0.253 e. The standard InChI is InChI=1S/C15H27N3O3/c1-12-4-6-17(7-5-12)10-13(19)18-8-9-21-15(2,11-18)14(20)16-3/h12H,4-11H2,1-3H3,(H,16,20)/t15-/m1/s1. The molecule has 2 fully saturated rings. The third-order valence-electron chi connectivity index (χ3n) is 4.57. The van der Waals surface area contributed by atoms with Gasteiger partial charge in [0.25, 0.3) is 5.91 Å². The summed E-state index contributed by atoms with van der Waals surface area (Å²) in [7, 11) is 1.59. The van der Waals surface area contributed by atoms with Crippen molar-refractivity contribution >= 4 is 11.8 Å². The summed E-state index contributed by atoms with van der Waals surface area (Å²) in [4.78, 5) is 28.3. The molecular weight excluding hydrogens is 270 g/mol. The molecule has 2 aliphatic rings. The third-order valence-corrected chi connectivity index (χ3v) is 4.57. The maximum absolute atomic E-state index is 12.4. The lowest BCUT2D eigenvalue weighted by Crippen LogP contribution is -2.60. The van der Waals surface area contributed by atoms with Crippen LogP contribution in [-0.4, -0.2) is 73.6 Å². The van der Waals surface area contributed by atoms with E-state index < -0.39 is 5.60 Å². The largest absolute Gasteiger partial charge is 0.362 e. The molecule has 0 radical (unpaired) electrons. The smallest absolute Gasteiger partial charge is 0.253 e. The van der Waals surface area contributed by atoms with Gasteiger partial charge in [-0.05, 0) is 38.8 Å². The Morgan fingerprint density at radius 1 is 1.29 bits per heavy atom. The molecule has 0 saturated carbocycles. The first kappa shape index (κ1) is 16.2. The molecule has 0 unspecified atom stereocenters. The highest BCUT2D eigenvalue weighted by atomic mass is 16.5. The molecule has 1 atom stereocenters. The monoisotopic (exact) mass is 297 g/mol. The Balaban J connectivity index is 1.89. The van der Waals surface area contributed by atoms with Crippen LogP contribution < -0.4 is 5.32 Å². The molecule has 0 aromatic carbocycles. The van der Waals surface area contributed by atoms with Crippen LogP contribution in [0.3, 0.4) is 0 Å². The van der Waals surface area contributed by atoms with E-state index in [2.05, 4.69) is 17.1 Å². The molecule has 1 N–H and O–H groups in total. The van der Waals surface area contributed by atoms with Crippen LogP contribution in [0.5, 0.6) is 0 Å². The molecule has 0 bridgehead atoms. The number of hydrogen-bond acceptors (Lipinski definition) is 4. The van der Waals surface area contributed by atoms with Crippen LogP contribution >= 0.6 is 0 Å². The first-order chi connectivity index (χ1) is 9.94. The van der Waals surface area contributed by atoms with E-state index in [1.807, 2.05) is 0 Å². The molecule has 2 aliphatic heterocycles. The Hall–Kier alpha value is -1.14. The maximum atomic E-state index is 12.4. The van der Waals surface area contributed by atoms with Gasteiger partial charge in [-0.1, -0.05) is 6.92 Å². The predicted molar refractivity (Wildman–Crippen MR) is 79.8 cm³/mol. The Kier molecular flexibility index (Phi) is 5.22. The molecule has 2 heterocycles. The van der Waals surface area contributed by atoms with Gasteiger partial charge in [0.15, 0.2) is 5.60 Å². The number of likely N-dealkylation sites (tertiary alicyclic amines) is 1.